The van der Waals surface area contributed by atoms with E-state index < -0.39 is 29.8 Å². The van der Waals surface area contributed by atoms with Crippen molar-refractivity contribution in [2.75, 3.05) is 18.1 Å². The van der Waals surface area contributed by atoms with Crippen LogP contribution in [0.15, 0.2) is 42.5 Å². The van der Waals surface area contributed by atoms with Crippen LogP contribution < -0.4 is 14.4 Å². The standard InChI is InChI=1S/C28H30FNO6/c1-4-13-35-24-18-9-7-8-10-19(18)25(36-14-5-2)23-22(24)26(31)30(27(23)32)21-12-11-16(15-20(21)29)17(6-3)28(33)34/h7-12,15,17,26,31H,4-6,13-14H2,1-3H3,(H,33,34). The van der Waals surface area contributed by atoms with Gasteiger partial charge >= 0.3 is 5.97 Å². The Morgan fingerprint density at radius 2 is 1.64 bits per heavy atom. The predicted octanol–water partition coefficient (Wildman–Crippen LogP) is 5.79. The van der Waals surface area contributed by atoms with Crippen molar-refractivity contribution < 1.29 is 33.7 Å². The number of aliphatic hydroxyl groups is 1. The Kier molecular flexibility index (Phi) is 7.45. The average Bonchev–Trinajstić information content (AvgIpc) is 3.11. The Hall–Kier alpha value is -3.65. The van der Waals surface area contributed by atoms with Gasteiger partial charge in [-0.3, -0.25) is 14.5 Å². The molecule has 190 valence electrons. The number of amides is 1. The third kappa shape index (κ3) is 4.26. The van der Waals surface area contributed by atoms with Crippen molar-refractivity contribution in [2.45, 2.75) is 52.2 Å². The number of benzene rings is 3. The summed E-state index contributed by atoms with van der Waals surface area (Å²) in [6, 6.07) is 11.3. The summed E-state index contributed by atoms with van der Waals surface area (Å²) in [4.78, 5) is 26.3. The number of anilines is 1. The van der Waals surface area contributed by atoms with Crippen LogP contribution in [0, 0.1) is 5.82 Å². The summed E-state index contributed by atoms with van der Waals surface area (Å²) in [5, 5.41) is 22.2. The Balaban J connectivity index is 1.90. The smallest absolute Gasteiger partial charge is 0.310 e. The number of carboxylic acids is 1. The average molecular weight is 496 g/mol. The summed E-state index contributed by atoms with van der Waals surface area (Å²) in [6.07, 6.45) is 0.182. The van der Waals surface area contributed by atoms with Gasteiger partial charge in [-0.25, -0.2) is 4.39 Å². The van der Waals surface area contributed by atoms with Gasteiger partial charge in [0.05, 0.1) is 35.9 Å². The fourth-order valence-corrected chi connectivity index (χ4v) is 4.66. The number of hydrogen-bond donors (Lipinski definition) is 2. The zero-order valence-corrected chi connectivity index (χ0v) is 20.6. The summed E-state index contributed by atoms with van der Waals surface area (Å²) >= 11 is 0. The minimum absolute atomic E-state index is 0.140. The van der Waals surface area contributed by atoms with Crippen LogP contribution in [0.1, 0.15) is 73.7 Å². The van der Waals surface area contributed by atoms with Crippen molar-refractivity contribution in [3.05, 3.63) is 65.0 Å². The van der Waals surface area contributed by atoms with E-state index in [0.29, 0.717) is 48.3 Å². The van der Waals surface area contributed by atoms with Crippen LogP contribution in [0.4, 0.5) is 10.1 Å². The van der Waals surface area contributed by atoms with E-state index in [-0.39, 0.29) is 28.8 Å². The lowest BCUT2D eigenvalue weighted by Gasteiger charge is -2.23. The van der Waals surface area contributed by atoms with E-state index in [1.807, 2.05) is 38.1 Å². The topological polar surface area (TPSA) is 96.3 Å². The fourth-order valence-electron chi connectivity index (χ4n) is 4.66. The first-order chi connectivity index (χ1) is 17.3. The SMILES string of the molecule is CCCOc1c2c(c(OCCC)c3ccccc13)C(O)N(c1ccc(C(CC)C(=O)O)cc1F)C2=O. The van der Waals surface area contributed by atoms with E-state index in [4.69, 9.17) is 9.47 Å². The Bertz CT molecular complexity index is 1310. The van der Waals surface area contributed by atoms with Gasteiger partial charge in [-0.15, -0.1) is 0 Å². The molecule has 0 aromatic heterocycles. The lowest BCUT2D eigenvalue weighted by atomic mass is 9.96. The number of halogens is 1. The maximum Gasteiger partial charge on any atom is 0.310 e. The fraction of sp³-hybridized carbons (Fsp3) is 0.357. The van der Waals surface area contributed by atoms with Gasteiger partial charge in [-0.2, -0.15) is 0 Å². The zero-order valence-electron chi connectivity index (χ0n) is 20.6. The van der Waals surface area contributed by atoms with E-state index in [0.717, 1.165) is 11.0 Å². The molecular weight excluding hydrogens is 465 g/mol. The van der Waals surface area contributed by atoms with Crippen LogP contribution >= 0.6 is 0 Å². The molecule has 0 spiro atoms. The van der Waals surface area contributed by atoms with Crippen molar-refractivity contribution >= 4 is 28.3 Å². The molecule has 36 heavy (non-hydrogen) atoms. The highest BCUT2D eigenvalue weighted by molar-refractivity contribution is 6.17. The summed E-state index contributed by atoms with van der Waals surface area (Å²) in [6.45, 7) is 6.32. The second-order valence-corrected chi connectivity index (χ2v) is 8.75. The van der Waals surface area contributed by atoms with Crippen LogP contribution in [-0.4, -0.2) is 35.3 Å². The molecule has 7 nitrogen and oxygen atoms in total. The van der Waals surface area contributed by atoms with E-state index in [1.165, 1.54) is 12.1 Å². The molecule has 2 unspecified atom stereocenters. The number of aliphatic hydroxyl groups excluding tert-OH is 1. The molecule has 0 saturated heterocycles. The molecule has 0 radical (unpaired) electrons. The molecule has 0 fully saturated rings. The van der Waals surface area contributed by atoms with Crippen molar-refractivity contribution in [1.82, 2.24) is 0 Å². The molecule has 1 aliphatic heterocycles. The molecule has 8 heteroatoms. The van der Waals surface area contributed by atoms with Gasteiger partial charge in [0, 0.05) is 10.8 Å². The van der Waals surface area contributed by atoms with Gasteiger partial charge in [0.15, 0.2) is 6.23 Å². The van der Waals surface area contributed by atoms with Crippen LogP contribution in [0.25, 0.3) is 10.8 Å². The quantitative estimate of drug-likeness (QED) is 0.370. The molecule has 3 aromatic carbocycles. The van der Waals surface area contributed by atoms with Crippen molar-refractivity contribution in [2.24, 2.45) is 0 Å². The lowest BCUT2D eigenvalue weighted by molar-refractivity contribution is -0.138. The summed E-state index contributed by atoms with van der Waals surface area (Å²) in [7, 11) is 0. The summed E-state index contributed by atoms with van der Waals surface area (Å²) in [5.41, 5.74) is 0.508. The molecule has 1 heterocycles. The number of nitrogens with zero attached hydrogens (tertiary/aromatic N) is 1. The van der Waals surface area contributed by atoms with Gasteiger partial charge in [-0.05, 0) is 37.0 Å². The van der Waals surface area contributed by atoms with Gasteiger partial charge in [0.25, 0.3) is 5.91 Å². The van der Waals surface area contributed by atoms with E-state index in [2.05, 4.69) is 0 Å². The molecule has 1 amide bonds. The van der Waals surface area contributed by atoms with Crippen LogP contribution in [0.2, 0.25) is 0 Å². The second-order valence-electron chi connectivity index (χ2n) is 8.75. The first kappa shape index (κ1) is 25.4. The first-order valence-electron chi connectivity index (χ1n) is 12.2. The van der Waals surface area contributed by atoms with E-state index >= 15 is 4.39 Å². The monoisotopic (exact) mass is 495 g/mol. The molecule has 3 aromatic rings. The molecule has 0 bridgehead atoms. The van der Waals surface area contributed by atoms with Gasteiger partial charge in [0.1, 0.15) is 17.3 Å². The van der Waals surface area contributed by atoms with Crippen LogP contribution in [0.5, 0.6) is 11.5 Å². The highest BCUT2D eigenvalue weighted by atomic mass is 19.1. The predicted molar refractivity (Wildman–Crippen MR) is 134 cm³/mol. The minimum Gasteiger partial charge on any atom is -0.492 e. The van der Waals surface area contributed by atoms with Crippen molar-refractivity contribution in [3.63, 3.8) is 0 Å². The number of carboxylic acid groups (broad SMARTS) is 1. The summed E-state index contributed by atoms with van der Waals surface area (Å²) in [5.74, 6) is -2.66. The van der Waals surface area contributed by atoms with Crippen molar-refractivity contribution in [1.29, 1.82) is 0 Å². The third-order valence-electron chi connectivity index (χ3n) is 6.33. The number of carbonyl (C=O) groups excluding carboxylic acids is 1. The number of rotatable bonds is 10. The molecule has 2 atom stereocenters. The molecular formula is C28H30FNO6. The number of ether oxygens (including phenoxy) is 2. The van der Waals surface area contributed by atoms with Gasteiger partial charge in [-0.1, -0.05) is 51.1 Å². The van der Waals surface area contributed by atoms with Gasteiger partial charge < -0.3 is 19.7 Å². The van der Waals surface area contributed by atoms with Gasteiger partial charge in [0.2, 0.25) is 0 Å². The first-order valence-corrected chi connectivity index (χ1v) is 12.2. The number of aliphatic carboxylic acids is 1. The van der Waals surface area contributed by atoms with Crippen LogP contribution in [0.3, 0.4) is 0 Å². The molecule has 1 aliphatic rings. The number of carbonyl (C=O) groups is 2. The van der Waals surface area contributed by atoms with E-state index in [9.17, 15) is 19.8 Å². The van der Waals surface area contributed by atoms with E-state index in [1.54, 1.807) is 6.92 Å². The zero-order chi connectivity index (χ0) is 26.0. The van der Waals surface area contributed by atoms with Crippen molar-refractivity contribution in [3.8, 4) is 11.5 Å². The largest absolute Gasteiger partial charge is 0.492 e. The number of fused-ring (bicyclic) bond motifs is 2. The summed E-state index contributed by atoms with van der Waals surface area (Å²) < 4.78 is 27.4. The minimum atomic E-state index is -1.52. The maximum absolute atomic E-state index is 15.4. The Labute approximate surface area is 209 Å². The normalized spacial score (nSPS) is 15.8. The lowest BCUT2D eigenvalue weighted by Crippen LogP contribution is -2.28. The molecule has 2 N–H and O–H groups in total. The molecule has 0 saturated carbocycles. The Morgan fingerprint density at radius 1 is 1.03 bits per heavy atom. The maximum atomic E-state index is 15.4. The number of hydrogen-bond acceptors (Lipinski definition) is 5. The molecule has 4 rings (SSSR count). The van der Waals surface area contributed by atoms with Crippen LogP contribution in [-0.2, 0) is 4.79 Å². The third-order valence-corrected chi connectivity index (χ3v) is 6.33. The molecule has 0 aliphatic carbocycles. The highest BCUT2D eigenvalue weighted by Crippen LogP contribution is 2.50. The highest BCUT2D eigenvalue weighted by Gasteiger charge is 2.44. The Morgan fingerprint density at radius 3 is 2.19 bits per heavy atom. The second kappa shape index (κ2) is 10.5.